The predicted octanol–water partition coefficient (Wildman–Crippen LogP) is 8.03. The summed E-state index contributed by atoms with van der Waals surface area (Å²) in [5, 5.41) is 0. The van der Waals surface area contributed by atoms with Crippen molar-refractivity contribution in [3.8, 4) is 11.1 Å². The fraction of sp³-hybridized carbons (Fsp3) is 0.267. The van der Waals surface area contributed by atoms with Crippen molar-refractivity contribution >= 4 is 12.2 Å². The van der Waals surface area contributed by atoms with Crippen molar-refractivity contribution in [1.82, 2.24) is 0 Å². The number of aryl methyl sites for hydroxylation is 1. The Kier molecular flexibility index (Phi) is 5.66. The molecule has 0 saturated heterocycles. The van der Waals surface area contributed by atoms with Crippen molar-refractivity contribution in [1.29, 1.82) is 0 Å². The first-order valence-electron chi connectivity index (χ1n) is 11.5. The van der Waals surface area contributed by atoms with Crippen LogP contribution in [0.5, 0.6) is 0 Å². The van der Waals surface area contributed by atoms with Crippen LogP contribution in [0.2, 0.25) is 0 Å². The summed E-state index contributed by atoms with van der Waals surface area (Å²) in [5.41, 5.74) is 11.7. The zero-order chi connectivity index (χ0) is 20.2. The summed E-state index contributed by atoms with van der Waals surface area (Å²) in [4.78, 5) is 0. The van der Waals surface area contributed by atoms with Crippen LogP contribution in [0, 0.1) is 0 Å². The molecule has 5 rings (SSSR count). The van der Waals surface area contributed by atoms with Crippen LogP contribution in [0.25, 0.3) is 23.3 Å². The average molecular weight is 391 g/mol. The van der Waals surface area contributed by atoms with Crippen molar-refractivity contribution in [3.63, 3.8) is 0 Å². The van der Waals surface area contributed by atoms with E-state index in [9.17, 15) is 0 Å². The second-order valence-electron chi connectivity index (χ2n) is 8.70. The van der Waals surface area contributed by atoms with Crippen molar-refractivity contribution in [2.45, 2.75) is 51.4 Å². The van der Waals surface area contributed by atoms with Gasteiger partial charge in [0.1, 0.15) is 0 Å². The SMILES string of the molecule is C(=Cc1cccc2c1CC=C2)CCCCCCc1ccc2c(c1)-c1ccccc1C2. The Balaban J connectivity index is 1.05. The Labute approximate surface area is 181 Å². The van der Waals surface area contributed by atoms with E-state index in [1.165, 1.54) is 83.0 Å². The van der Waals surface area contributed by atoms with Gasteiger partial charge in [-0.25, -0.2) is 0 Å². The molecule has 2 aliphatic carbocycles. The number of fused-ring (bicyclic) bond motifs is 4. The maximum Gasteiger partial charge on any atom is -0.00135 e. The lowest BCUT2D eigenvalue weighted by molar-refractivity contribution is 0.646. The molecule has 0 radical (unpaired) electrons. The molecule has 0 aliphatic heterocycles. The molecular formula is C30H30. The highest BCUT2D eigenvalue weighted by Gasteiger charge is 2.17. The van der Waals surface area contributed by atoms with Crippen molar-refractivity contribution in [2.75, 3.05) is 0 Å². The van der Waals surface area contributed by atoms with E-state index in [1.807, 2.05) is 0 Å². The number of unbranched alkanes of at least 4 members (excludes halogenated alkanes) is 4. The third-order valence-electron chi connectivity index (χ3n) is 6.61. The van der Waals surface area contributed by atoms with Crippen LogP contribution in [0.3, 0.4) is 0 Å². The second kappa shape index (κ2) is 8.88. The van der Waals surface area contributed by atoms with E-state index in [0.29, 0.717) is 0 Å². The van der Waals surface area contributed by atoms with Gasteiger partial charge in [-0.05, 0) is 83.0 Å². The monoisotopic (exact) mass is 390 g/mol. The maximum absolute atomic E-state index is 2.44. The number of benzene rings is 3. The number of hydrogen-bond donors (Lipinski definition) is 0. The van der Waals surface area contributed by atoms with Crippen molar-refractivity contribution < 1.29 is 0 Å². The minimum atomic E-state index is 1.09. The van der Waals surface area contributed by atoms with Gasteiger partial charge in [-0.1, -0.05) is 97.8 Å². The summed E-state index contributed by atoms with van der Waals surface area (Å²) in [5.74, 6) is 0. The van der Waals surface area contributed by atoms with E-state index in [0.717, 1.165) is 12.8 Å². The highest BCUT2D eigenvalue weighted by Crippen LogP contribution is 2.37. The third kappa shape index (κ3) is 4.05. The topological polar surface area (TPSA) is 0 Å². The second-order valence-corrected chi connectivity index (χ2v) is 8.70. The van der Waals surface area contributed by atoms with Crippen LogP contribution in [0.15, 0.2) is 72.8 Å². The van der Waals surface area contributed by atoms with Gasteiger partial charge in [-0.3, -0.25) is 0 Å². The van der Waals surface area contributed by atoms with Crippen LogP contribution >= 0.6 is 0 Å². The van der Waals surface area contributed by atoms with E-state index in [-0.39, 0.29) is 0 Å². The lowest BCUT2D eigenvalue weighted by Crippen LogP contribution is -1.89. The quantitative estimate of drug-likeness (QED) is 0.267. The molecule has 0 heterocycles. The van der Waals surface area contributed by atoms with E-state index >= 15 is 0 Å². The zero-order valence-corrected chi connectivity index (χ0v) is 17.7. The molecule has 3 aromatic rings. The lowest BCUT2D eigenvalue weighted by atomic mass is 9.99. The van der Waals surface area contributed by atoms with Gasteiger partial charge in [0, 0.05) is 0 Å². The van der Waals surface area contributed by atoms with Crippen molar-refractivity contribution in [2.24, 2.45) is 0 Å². The molecule has 0 nitrogen and oxygen atoms in total. The minimum Gasteiger partial charge on any atom is -0.0839 e. The molecule has 0 spiro atoms. The smallest absolute Gasteiger partial charge is 0.00135 e. The predicted molar refractivity (Wildman–Crippen MR) is 130 cm³/mol. The Morgan fingerprint density at radius 1 is 0.767 bits per heavy atom. The average Bonchev–Trinajstić information content (AvgIpc) is 3.40. The van der Waals surface area contributed by atoms with Crippen LogP contribution in [-0.2, 0) is 19.3 Å². The maximum atomic E-state index is 2.44. The molecule has 0 aromatic heterocycles. The van der Waals surface area contributed by atoms with Crippen LogP contribution in [0.1, 0.15) is 65.5 Å². The van der Waals surface area contributed by atoms with E-state index in [1.54, 1.807) is 0 Å². The van der Waals surface area contributed by atoms with Gasteiger partial charge in [0.05, 0.1) is 0 Å². The molecule has 2 aliphatic rings. The van der Waals surface area contributed by atoms with Crippen LogP contribution < -0.4 is 0 Å². The third-order valence-corrected chi connectivity index (χ3v) is 6.61. The summed E-state index contributed by atoms with van der Waals surface area (Å²) in [6, 6.07) is 22.6. The Morgan fingerprint density at radius 2 is 1.67 bits per heavy atom. The first kappa shape index (κ1) is 19.1. The molecule has 0 fully saturated rings. The summed E-state index contributed by atoms with van der Waals surface area (Å²) in [7, 11) is 0. The normalized spacial score (nSPS) is 13.6. The summed E-state index contributed by atoms with van der Waals surface area (Å²) in [6.07, 6.45) is 19.0. The van der Waals surface area contributed by atoms with Crippen molar-refractivity contribution in [3.05, 3.63) is 106 Å². The molecule has 0 heteroatoms. The Morgan fingerprint density at radius 3 is 2.67 bits per heavy atom. The number of allylic oxidation sites excluding steroid dienone is 2. The molecule has 0 unspecified atom stereocenters. The lowest BCUT2D eigenvalue weighted by Gasteiger charge is -2.06. The largest absolute Gasteiger partial charge is 0.0839 e. The highest BCUT2D eigenvalue weighted by atomic mass is 14.2. The molecule has 0 amide bonds. The standard InChI is InChI=1S/C30H30/c1(2-4-6-12-24-14-9-15-25-16-10-18-28(24)25)3-5-11-23-19-20-27-22-26-13-7-8-17-29(26)30(27)21-23/h6-10,12-17,19-21H,1-5,11,18,22H2. The summed E-state index contributed by atoms with van der Waals surface area (Å²) < 4.78 is 0. The minimum absolute atomic E-state index is 1.09. The molecular weight excluding hydrogens is 360 g/mol. The van der Waals surface area contributed by atoms with Gasteiger partial charge in [-0.2, -0.15) is 0 Å². The first-order valence-corrected chi connectivity index (χ1v) is 11.5. The van der Waals surface area contributed by atoms with Gasteiger partial charge in [-0.15, -0.1) is 0 Å². The molecule has 150 valence electrons. The summed E-state index contributed by atoms with van der Waals surface area (Å²) in [6.45, 7) is 0. The molecule has 0 saturated carbocycles. The van der Waals surface area contributed by atoms with Crippen LogP contribution in [-0.4, -0.2) is 0 Å². The van der Waals surface area contributed by atoms with Crippen LogP contribution in [0.4, 0.5) is 0 Å². The Hall–Kier alpha value is -2.86. The Bertz CT molecular complexity index is 1100. The summed E-state index contributed by atoms with van der Waals surface area (Å²) >= 11 is 0. The molecule has 0 atom stereocenters. The molecule has 0 N–H and O–H groups in total. The number of rotatable bonds is 8. The van der Waals surface area contributed by atoms with E-state index in [4.69, 9.17) is 0 Å². The zero-order valence-electron chi connectivity index (χ0n) is 17.7. The molecule has 30 heavy (non-hydrogen) atoms. The fourth-order valence-corrected chi connectivity index (χ4v) is 4.96. The van der Waals surface area contributed by atoms with Gasteiger partial charge in [0.2, 0.25) is 0 Å². The van der Waals surface area contributed by atoms with E-state index < -0.39 is 0 Å². The molecule has 3 aromatic carbocycles. The number of hydrogen-bond acceptors (Lipinski definition) is 0. The van der Waals surface area contributed by atoms with Gasteiger partial charge >= 0.3 is 0 Å². The van der Waals surface area contributed by atoms with E-state index in [2.05, 4.69) is 85.0 Å². The fourth-order valence-electron chi connectivity index (χ4n) is 4.96. The molecule has 0 bridgehead atoms. The highest BCUT2D eigenvalue weighted by molar-refractivity contribution is 5.77. The van der Waals surface area contributed by atoms with Gasteiger partial charge in [0.15, 0.2) is 0 Å². The van der Waals surface area contributed by atoms with Gasteiger partial charge < -0.3 is 0 Å². The van der Waals surface area contributed by atoms with Gasteiger partial charge in [0.25, 0.3) is 0 Å². The first-order chi connectivity index (χ1) is 14.9.